The van der Waals surface area contributed by atoms with Crippen LogP contribution in [0.1, 0.15) is 26.7 Å². The maximum Gasteiger partial charge on any atom is 0.343 e. The number of carbonyl (C=O) groups is 1. The average molecular weight is 277 g/mol. The van der Waals surface area contributed by atoms with Crippen molar-refractivity contribution in [3.8, 4) is 5.75 Å². The number of aromatic nitrogens is 1. The van der Waals surface area contributed by atoms with Gasteiger partial charge in [-0.05, 0) is 17.5 Å². The number of carbonyl (C=O) groups excluding carboxylic acids is 1. The lowest BCUT2D eigenvalue weighted by Crippen LogP contribution is -2.12. The van der Waals surface area contributed by atoms with E-state index in [1.807, 2.05) is 0 Å². The van der Waals surface area contributed by atoms with E-state index in [0.29, 0.717) is 11.6 Å². The Morgan fingerprint density at radius 3 is 2.75 bits per heavy atom. The number of nitrogens with zero attached hydrogens (tertiary/aromatic N) is 1. The van der Waals surface area contributed by atoms with Crippen LogP contribution in [-0.4, -0.2) is 24.7 Å². The molecule has 2 aromatic rings. The van der Waals surface area contributed by atoms with Gasteiger partial charge in [-0.2, -0.15) is 0 Å². The Labute approximate surface area is 117 Å². The number of hydrogen-bond acceptors (Lipinski definition) is 5. The van der Waals surface area contributed by atoms with Crippen LogP contribution in [0.15, 0.2) is 22.6 Å². The predicted octanol–water partition coefficient (Wildman–Crippen LogP) is 2.97. The van der Waals surface area contributed by atoms with Gasteiger partial charge < -0.3 is 13.9 Å². The number of fused-ring (bicyclic) bond motifs is 1. The van der Waals surface area contributed by atoms with Gasteiger partial charge in [0.15, 0.2) is 18.1 Å². The van der Waals surface area contributed by atoms with Gasteiger partial charge in [0.25, 0.3) is 0 Å². The zero-order valence-electron chi connectivity index (χ0n) is 12.2. The van der Waals surface area contributed by atoms with Gasteiger partial charge in [-0.15, -0.1) is 0 Å². The van der Waals surface area contributed by atoms with E-state index >= 15 is 0 Å². The summed E-state index contributed by atoms with van der Waals surface area (Å²) in [6, 6.07) is 5.30. The molecule has 0 bridgehead atoms. The molecule has 0 aliphatic heterocycles. The normalized spacial score (nSPS) is 11.6. The quantitative estimate of drug-likeness (QED) is 0.804. The van der Waals surface area contributed by atoms with E-state index in [1.165, 1.54) is 7.11 Å². The molecule has 0 spiro atoms. The highest BCUT2D eigenvalue weighted by molar-refractivity contribution is 5.75. The summed E-state index contributed by atoms with van der Waals surface area (Å²) in [5.41, 5.74) is 1.56. The molecular weight excluding hydrogens is 258 g/mol. The van der Waals surface area contributed by atoms with Crippen LogP contribution in [0.2, 0.25) is 0 Å². The Bertz CT molecular complexity index is 610. The van der Waals surface area contributed by atoms with Crippen molar-refractivity contribution >= 4 is 17.1 Å². The molecule has 0 fully saturated rings. The Morgan fingerprint density at radius 1 is 1.35 bits per heavy atom. The summed E-state index contributed by atoms with van der Waals surface area (Å²) in [5.74, 6) is 0.856. The number of oxazole rings is 1. The van der Waals surface area contributed by atoms with E-state index in [-0.39, 0.29) is 12.0 Å². The molecular formula is C15H19NO4. The number of methoxy groups -OCH3 is 1. The van der Waals surface area contributed by atoms with Gasteiger partial charge >= 0.3 is 5.97 Å². The van der Waals surface area contributed by atoms with Crippen LogP contribution in [0.5, 0.6) is 5.75 Å². The van der Waals surface area contributed by atoms with E-state index in [4.69, 9.17) is 9.15 Å². The minimum absolute atomic E-state index is 0.116. The van der Waals surface area contributed by atoms with Crippen molar-refractivity contribution in [3.05, 3.63) is 24.1 Å². The van der Waals surface area contributed by atoms with Crippen LogP contribution < -0.4 is 4.74 Å². The predicted molar refractivity (Wildman–Crippen MR) is 74.7 cm³/mol. The van der Waals surface area contributed by atoms with Crippen molar-refractivity contribution in [1.82, 2.24) is 4.98 Å². The monoisotopic (exact) mass is 277 g/mol. The highest BCUT2D eigenvalue weighted by Crippen LogP contribution is 2.25. The first-order valence-corrected chi connectivity index (χ1v) is 6.46. The molecule has 0 N–H and O–H groups in total. The molecule has 0 saturated heterocycles. The fraction of sp³-hybridized carbons (Fsp3) is 0.467. The Morgan fingerprint density at radius 2 is 2.10 bits per heavy atom. The topological polar surface area (TPSA) is 61.6 Å². The number of rotatable bonds is 4. The molecule has 0 atom stereocenters. The van der Waals surface area contributed by atoms with Gasteiger partial charge in [-0.25, -0.2) is 9.78 Å². The summed E-state index contributed by atoms with van der Waals surface area (Å²) in [6.07, 6.45) is 0.764. The molecule has 0 aliphatic rings. The summed E-state index contributed by atoms with van der Waals surface area (Å²) in [6.45, 7) is 6.28. The van der Waals surface area contributed by atoms with Crippen molar-refractivity contribution in [1.29, 1.82) is 0 Å². The van der Waals surface area contributed by atoms with Crippen molar-refractivity contribution in [2.45, 2.75) is 27.2 Å². The molecule has 0 saturated carbocycles. The largest absolute Gasteiger partial charge is 0.482 e. The molecule has 5 nitrogen and oxygen atoms in total. The number of hydrogen-bond donors (Lipinski definition) is 0. The molecule has 20 heavy (non-hydrogen) atoms. The number of esters is 1. The highest BCUT2D eigenvalue weighted by atomic mass is 16.6. The van der Waals surface area contributed by atoms with Gasteiger partial charge in [-0.3, -0.25) is 0 Å². The van der Waals surface area contributed by atoms with E-state index < -0.39 is 5.97 Å². The lowest BCUT2D eigenvalue weighted by atomic mass is 9.92. The zero-order chi connectivity index (χ0) is 14.8. The minimum Gasteiger partial charge on any atom is -0.482 e. The third kappa shape index (κ3) is 3.73. The molecule has 108 valence electrons. The zero-order valence-corrected chi connectivity index (χ0v) is 12.2. The molecule has 0 radical (unpaired) electrons. The van der Waals surface area contributed by atoms with Crippen LogP contribution in [-0.2, 0) is 16.0 Å². The number of ether oxygens (including phenoxy) is 2. The highest BCUT2D eigenvalue weighted by Gasteiger charge is 2.16. The smallest absolute Gasteiger partial charge is 0.343 e. The first kappa shape index (κ1) is 14.4. The lowest BCUT2D eigenvalue weighted by molar-refractivity contribution is -0.142. The molecule has 0 aliphatic carbocycles. The maximum atomic E-state index is 11.0. The van der Waals surface area contributed by atoms with Crippen molar-refractivity contribution in [2.75, 3.05) is 13.7 Å². The van der Waals surface area contributed by atoms with Gasteiger partial charge in [0.05, 0.1) is 7.11 Å². The summed E-state index contributed by atoms with van der Waals surface area (Å²) in [4.78, 5) is 15.5. The molecule has 0 amide bonds. The average Bonchev–Trinajstić information content (AvgIpc) is 2.74. The summed E-state index contributed by atoms with van der Waals surface area (Å²) >= 11 is 0. The molecule has 0 unspecified atom stereocenters. The van der Waals surface area contributed by atoms with E-state index in [2.05, 4.69) is 30.5 Å². The third-order valence-corrected chi connectivity index (χ3v) is 2.67. The molecule has 1 heterocycles. The first-order chi connectivity index (χ1) is 9.37. The van der Waals surface area contributed by atoms with Crippen LogP contribution in [0.25, 0.3) is 11.1 Å². The Balaban J connectivity index is 2.15. The Hall–Kier alpha value is -2.04. The van der Waals surface area contributed by atoms with Crippen molar-refractivity contribution in [3.63, 3.8) is 0 Å². The first-order valence-electron chi connectivity index (χ1n) is 6.46. The third-order valence-electron chi connectivity index (χ3n) is 2.67. The van der Waals surface area contributed by atoms with E-state index in [1.54, 1.807) is 18.2 Å². The second kappa shape index (κ2) is 5.53. The van der Waals surface area contributed by atoms with Gasteiger partial charge in [0.1, 0.15) is 11.3 Å². The van der Waals surface area contributed by atoms with Crippen LogP contribution in [0.3, 0.4) is 0 Å². The van der Waals surface area contributed by atoms with Crippen LogP contribution in [0, 0.1) is 5.41 Å². The SMILES string of the molecule is COC(=O)COc1ccc2oc(CC(C)(C)C)nc2c1. The number of benzene rings is 1. The van der Waals surface area contributed by atoms with E-state index in [9.17, 15) is 4.79 Å². The standard InChI is InChI=1S/C15H19NO4/c1-15(2,3)8-13-16-11-7-10(5-6-12(11)20-13)19-9-14(17)18-4/h5-7H,8-9H2,1-4H3. The summed E-state index contributed by atoms with van der Waals surface area (Å²) < 4.78 is 15.5. The van der Waals surface area contributed by atoms with Gasteiger partial charge in [0, 0.05) is 12.5 Å². The van der Waals surface area contributed by atoms with Gasteiger partial charge in [0.2, 0.25) is 0 Å². The summed E-state index contributed by atoms with van der Waals surface area (Å²) in [5, 5.41) is 0. The fourth-order valence-electron chi connectivity index (χ4n) is 1.78. The molecule has 2 rings (SSSR count). The second-order valence-corrected chi connectivity index (χ2v) is 5.84. The maximum absolute atomic E-state index is 11.0. The fourth-order valence-corrected chi connectivity index (χ4v) is 1.78. The Kier molecular flexibility index (Phi) is 3.97. The lowest BCUT2D eigenvalue weighted by Gasteiger charge is -2.14. The van der Waals surface area contributed by atoms with Crippen molar-refractivity contribution in [2.24, 2.45) is 5.41 Å². The van der Waals surface area contributed by atoms with Crippen molar-refractivity contribution < 1.29 is 18.7 Å². The van der Waals surface area contributed by atoms with E-state index in [0.717, 1.165) is 17.5 Å². The molecule has 5 heteroatoms. The van der Waals surface area contributed by atoms with Gasteiger partial charge in [-0.1, -0.05) is 20.8 Å². The molecule has 1 aromatic carbocycles. The molecule has 1 aromatic heterocycles. The summed E-state index contributed by atoms with van der Waals surface area (Å²) in [7, 11) is 1.32. The van der Waals surface area contributed by atoms with Crippen LogP contribution >= 0.6 is 0 Å². The second-order valence-electron chi connectivity index (χ2n) is 5.84. The van der Waals surface area contributed by atoms with Crippen LogP contribution in [0.4, 0.5) is 0 Å². The minimum atomic E-state index is -0.418.